The Balaban J connectivity index is 1.65. The average molecular weight is 418 g/mol. The summed E-state index contributed by atoms with van der Waals surface area (Å²) in [4.78, 5) is 9.22. The lowest BCUT2D eigenvalue weighted by atomic mass is 10.1. The van der Waals surface area contributed by atoms with Crippen molar-refractivity contribution in [3.63, 3.8) is 0 Å². The van der Waals surface area contributed by atoms with Gasteiger partial charge in [0.1, 0.15) is 12.1 Å². The largest absolute Gasteiger partial charge is 0.497 e. The Kier molecular flexibility index (Phi) is 4.11. The van der Waals surface area contributed by atoms with E-state index in [4.69, 9.17) is 4.74 Å². The minimum Gasteiger partial charge on any atom is -0.497 e. The lowest BCUT2D eigenvalue weighted by Gasteiger charge is -2.08. The Bertz CT molecular complexity index is 1480. The summed E-state index contributed by atoms with van der Waals surface area (Å²) in [6.07, 6.45) is 4.86. The second kappa shape index (κ2) is 6.70. The predicted molar refractivity (Wildman–Crippen MR) is 114 cm³/mol. The molecule has 0 unspecified atom stereocenters. The van der Waals surface area contributed by atoms with Crippen LogP contribution in [0.4, 0.5) is 0 Å². The molecule has 2 aromatic carbocycles. The molecule has 0 fully saturated rings. The van der Waals surface area contributed by atoms with E-state index in [9.17, 15) is 8.42 Å². The van der Waals surface area contributed by atoms with Gasteiger partial charge in [0.05, 0.1) is 34.9 Å². The van der Waals surface area contributed by atoms with E-state index in [2.05, 4.69) is 9.97 Å². The molecule has 0 bridgehead atoms. The summed E-state index contributed by atoms with van der Waals surface area (Å²) in [6, 6.07) is 16.1. The number of benzene rings is 2. The van der Waals surface area contributed by atoms with Crippen molar-refractivity contribution in [2.24, 2.45) is 0 Å². The van der Waals surface area contributed by atoms with Crippen LogP contribution in [0.5, 0.6) is 5.75 Å². The Morgan fingerprint density at radius 2 is 1.63 bits per heavy atom. The van der Waals surface area contributed by atoms with E-state index in [1.807, 2.05) is 35.6 Å². The van der Waals surface area contributed by atoms with Crippen molar-refractivity contribution in [1.82, 2.24) is 18.3 Å². The number of ether oxygens (including phenoxy) is 1. The second-order valence-corrected chi connectivity index (χ2v) is 8.79. The van der Waals surface area contributed by atoms with E-state index in [1.54, 1.807) is 50.0 Å². The normalized spacial score (nSPS) is 11.9. The zero-order valence-electron chi connectivity index (χ0n) is 16.4. The van der Waals surface area contributed by atoms with Crippen molar-refractivity contribution in [2.75, 3.05) is 7.11 Å². The van der Waals surface area contributed by atoms with Gasteiger partial charge in [-0.1, -0.05) is 17.7 Å². The first kappa shape index (κ1) is 18.4. The summed E-state index contributed by atoms with van der Waals surface area (Å²) in [5.74, 6) is 0.765. The number of nitrogens with zero attached hydrogens (tertiary/aromatic N) is 4. The van der Waals surface area contributed by atoms with Gasteiger partial charge in [-0.3, -0.25) is 4.40 Å². The third kappa shape index (κ3) is 2.76. The van der Waals surface area contributed by atoms with Crippen LogP contribution in [0.3, 0.4) is 0 Å². The second-order valence-electron chi connectivity index (χ2n) is 6.97. The van der Waals surface area contributed by atoms with E-state index < -0.39 is 10.0 Å². The summed E-state index contributed by atoms with van der Waals surface area (Å²) in [6.45, 7) is 1.92. The summed E-state index contributed by atoms with van der Waals surface area (Å²) in [7, 11) is -2.13. The Labute approximate surface area is 173 Å². The number of fused-ring (bicyclic) bond motifs is 3. The average Bonchev–Trinajstić information content (AvgIpc) is 3.38. The molecule has 0 radical (unpaired) electrons. The van der Waals surface area contributed by atoms with E-state index in [-0.39, 0.29) is 4.90 Å². The topological polar surface area (TPSA) is 78.5 Å². The van der Waals surface area contributed by atoms with Crippen molar-refractivity contribution in [3.8, 4) is 17.0 Å². The van der Waals surface area contributed by atoms with Crippen molar-refractivity contribution >= 4 is 26.7 Å². The van der Waals surface area contributed by atoms with Crippen LogP contribution in [-0.2, 0) is 10.0 Å². The Morgan fingerprint density at radius 1 is 0.900 bits per heavy atom. The van der Waals surface area contributed by atoms with Crippen LogP contribution in [0.25, 0.3) is 27.9 Å². The molecular weight excluding hydrogens is 400 g/mol. The first-order valence-corrected chi connectivity index (χ1v) is 10.7. The van der Waals surface area contributed by atoms with Crippen LogP contribution >= 0.6 is 0 Å². The smallest absolute Gasteiger partial charge is 0.269 e. The first-order chi connectivity index (χ1) is 14.5. The van der Waals surface area contributed by atoms with Gasteiger partial charge in [0.25, 0.3) is 10.0 Å². The fraction of sp³-hybridized carbons (Fsp3) is 0.0909. The van der Waals surface area contributed by atoms with E-state index >= 15 is 0 Å². The minimum absolute atomic E-state index is 0.219. The molecule has 0 amide bonds. The van der Waals surface area contributed by atoms with Gasteiger partial charge < -0.3 is 4.74 Å². The maximum absolute atomic E-state index is 13.1. The molecule has 7 nitrogen and oxygen atoms in total. The SMILES string of the molecule is COc1ccc(-c2ncn3c2cnc2c3ccn2S(=O)(=O)c2ccc(C)cc2)cc1. The van der Waals surface area contributed by atoms with E-state index in [1.165, 1.54) is 10.2 Å². The minimum atomic E-state index is -3.75. The summed E-state index contributed by atoms with van der Waals surface area (Å²) in [5, 5.41) is 0. The molecular formula is C22H18N4O3S. The molecule has 0 atom stereocenters. The van der Waals surface area contributed by atoms with Gasteiger partial charge >= 0.3 is 0 Å². The number of rotatable bonds is 4. The molecule has 150 valence electrons. The molecule has 8 heteroatoms. The molecule has 5 rings (SSSR count). The molecule has 3 heterocycles. The highest BCUT2D eigenvalue weighted by atomic mass is 32.2. The highest BCUT2D eigenvalue weighted by molar-refractivity contribution is 7.90. The van der Waals surface area contributed by atoms with Crippen molar-refractivity contribution in [1.29, 1.82) is 0 Å². The molecule has 5 aromatic rings. The van der Waals surface area contributed by atoms with Gasteiger partial charge in [-0.2, -0.15) is 0 Å². The van der Waals surface area contributed by atoms with Crippen LogP contribution in [-0.4, -0.2) is 33.9 Å². The Morgan fingerprint density at radius 3 is 2.33 bits per heavy atom. The van der Waals surface area contributed by atoms with Crippen molar-refractivity contribution in [2.45, 2.75) is 11.8 Å². The third-order valence-electron chi connectivity index (χ3n) is 5.12. The summed E-state index contributed by atoms with van der Waals surface area (Å²) in [5.41, 5.74) is 4.48. The molecule has 0 N–H and O–H groups in total. The zero-order chi connectivity index (χ0) is 20.9. The maximum atomic E-state index is 13.1. The number of aryl methyl sites for hydroxylation is 1. The number of imidazole rings is 1. The number of methoxy groups -OCH3 is 1. The predicted octanol–water partition coefficient (Wildman–Crippen LogP) is 3.91. The van der Waals surface area contributed by atoms with Crippen LogP contribution < -0.4 is 4.74 Å². The lowest BCUT2D eigenvalue weighted by molar-refractivity contribution is 0.415. The zero-order valence-corrected chi connectivity index (χ0v) is 17.2. The highest BCUT2D eigenvalue weighted by Crippen LogP contribution is 2.28. The highest BCUT2D eigenvalue weighted by Gasteiger charge is 2.21. The molecule has 0 saturated carbocycles. The number of hydrogen-bond donors (Lipinski definition) is 0. The van der Waals surface area contributed by atoms with Crippen molar-refractivity contribution in [3.05, 3.63) is 78.9 Å². The molecule has 0 aliphatic rings. The van der Waals surface area contributed by atoms with Crippen LogP contribution in [0.2, 0.25) is 0 Å². The molecule has 0 aliphatic heterocycles. The molecule has 0 aliphatic carbocycles. The van der Waals surface area contributed by atoms with Gasteiger partial charge in [-0.25, -0.2) is 22.4 Å². The van der Waals surface area contributed by atoms with Gasteiger partial charge in [0.15, 0.2) is 5.65 Å². The Hall–Kier alpha value is -3.65. The van der Waals surface area contributed by atoms with Crippen LogP contribution in [0.1, 0.15) is 5.56 Å². The summed E-state index contributed by atoms with van der Waals surface area (Å²) >= 11 is 0. The summed E-state index contributed by atoms with van der Waals surface area (Å²) < 4.78 is 34.5. The molecule has 3 aromatic heterocycles. The van der Waals surface area contributed by atoms with Crippen LogP contribution in [0.15, 0.2) is 78.2 Å². The van der Waals surface area contributed by atoms with E-state index in [0.29, 0.717) is 11.2 Å². The first-order valence-electron chi connectivity index (χ1n) is 9.29. The standard InChI is InChI=1S/C22H18N4O3S/c1-15-3-9-18(10-4-15)30(27,28)26-12-11-19-22(26)23-13-20-21(24-14-25(19)20)16-5-7-17(29-2)8-6-16/h3-14H,1-2H3. The monoisotopic (exact) mass is 418 g/mol. The third-order valence-corrected chi connectivity index (χ3v) is 6.80. The van der Waals surface area contributed by atoms with Gasteiger partial charge in [-0.05, 0) is 49.4 Å². The van der Waals surface area contributed by atoms with Gasteiger partial charge in [0.2, 0.25) is 0 Å². The van der Waals surface area contributed by atoms with Gasteiger partial charge in [0, 0.05) is 11.8 Å². The van der Waals surface area contributed by atoms with Crippen LogP contribution in [0, 0.1) is 6.92 Å². The number of hydrogen-bond acceptors (Lipinski definition) is 5. The number of aromatic nitrogens is 4. The molecule has 0 spiro atoms. The fourth-order valence-electron chi connectivity index (χ4n) is 3.49. The molecule has 0 saturated heterocycles. The van der Waals surface area contributed by atoms with Gasteiger partial charge in [-0.15, -0.1) is 0 Å². The fourth-order valence-corrected chi connectivity index (χ4v) is 4.79. The lowest BCUT2D eigenvalue weighted by Crippen LogP contribution is -2.12. The van der Waals surface area contributed by atoms with Crippen molar-refractivity contribution < 1.29 is 13.2 Å². The quantitative estimate of drug-likeness (QED) is 0.442. The van der Waals surface area contributed by atoms with E-state index in [0.717, 1.165) is 28.1 Å². The maximum Gasteiger partial charge on any atom is 0.269 e. The molecule has 30 heavy (non-hydrogen) atoms.